The predicted octanol–water partition coefficient (Wildman–Crippen LogP) is 5.02. The minimum Gasteiger partial charge on any atom is -1.00 e. The molecule has 2 aromatic carbocycles. The molecule has 2 aromatic rings. The largest absolute Gasteiger partial charge is 1.00 e. The minimum atomic E-state index is -0.0296. The molecule has 0 fully saturated rings. The fourth-order valence-electron chi connectivity index (χ4n) is 6.71. The molecule has 0 heterocycles. The summed E-state index contributed by atoms with van der Waals surface area (Å²) < 4.78 is 12.9. The maximum Gasteiger partial charge on any atom is 0.279 e. The van der Waals surface area contributed by atoms with Gasteiger partial charge in [-0.3, -0.25) is 9.59 Å². The summed E-state index contributed by atoms with van der Waals surface area (Å²) in [6, 6.07) is 15.3. The van der Waals surface area contributed by atoms with Crippen molar-refractivity contribution in [3.8, 4) is 11.5 Å². The van der Waals surface area contributed by atoms with E-state index in [2.05, 4.69) is 52.7 Å². The molecule has 0 atom stereocenters. The zero-order chi connectivity index (χ0) is 39.3. The monoisotopic (exact) mass is 910 g/mol. The van der Waals surface area contributed by atoms with Crippen molar-refractivity contribution in [3.05, 3.63) is 48.5 Å². The van der Waals surface area contributed by atoms with E-state index in [1.807, 2.05) is 48.5 Å². The Bertz CT molecular complexity index is 1160. The highest BCUT2D eigenvalue weighted by molar-refractivity contribution is 5.92. The van der Waals surface area contributed by atoms with Crippen LogP contribution < -0.4 is 54.1 Å². The van der Waals surface area contributed by atoms with Crippen LogP contribution in [0.3, 0.4) is 0 Å². The first kappa shape index (κ1) is 53.9. The third kappa shape index (κ3) is 28.3. The standard InChI is InChI=1S/C46H78N4O4.2BrH/c1-7-9-11-13-15-17-19-21-23-25-37-53-43-31-27-41(28-32-43)47-45(51)39-49(3,4)35-36-50(5,6)40-46(52)48-42-29-33-44(34-30-42)54-38-26-24-22-20-18-16-14-12-10-8-2;;/h27-34H,7-26,35-40H2,1-6H3;2*1H. The van der Waals surface area contributed by atoms with E-state index in [-0.39, 0.29) is 45.8 Å². The van der Waals surface area contributed by atoms with Crippen LogP contribution in [-0.4, -0.2) is 88.4 Å². The van der Waals surface area contributed by atoms with Crippen LogP contribution >= 0.6 is 0 Å². The lowest BCUT2D eigenvalue weighted by molar-refractivity contribution is -0.938. The third-order valence-corrected chi connectivity index (χ3v) is 10.3. The Morgan fingerprint density at radius 3 is 1.00 bits per heavy atom. The van der Waals surface area contributed by atoms with Gasteiger partial charge in [-0.1, -0.05) is 129 Å². The number of hydrogen-bond acceptors (Lipinski definition) is 4. The van der Waals surface area contributed by atoms with Crippen LogP contribution in [0.5, 0.6) is 11.5 Å². The van der Waals surface area contributed by atoms with Crippen LogP contribution in [0.4, 0.5) is 11.4 Å². The van der Waals surface area contributed by atoms with Crippen molar-refractivity contribution in [2.75, 3.05) is 78.2 Å². The third-order valence-electron chi connectivity index (χ3n) is 10.3. The van der Waals surface area contributed by atoms with Crippen molar-refractivity contribution >= 4 is 23.2 Å². The normalized spacial score (nSPS) is 11.3. The molecule has 10 heteroatoms. The summed E-state index contributed by atoms with van der Waals surface area (Å²) in [5.41, 5.74) is 1.54. The molecule has 0 aliphatic rings. The maximum absolute atomic E-state index is 12.9. The van der Waals surface area contributed by atoms with Gasteiger partial charge in [0.25, 0.3) is 11.8 Å². The van der Waals surface area contributed by atoms with Gasteiger partial charge >= 0.3 is 0 Å². The van der Waals surface area contributed by atoms with E-state index in [0.717, 1.165) is 62.0 Å². The van der Waals surface area contributed by atoms with Crippen molar-refractivity contribution in [1.29, 1.82) is 0 Å². The number of nitrogens with one attached hydrogen (secondary N) is 2. The van der Waals surface area contributed by atoms with Crippen LogP contribution in [-0.2, 0) is 9.59 Å². The zero-order valence-electron chi connectivity index (χ0n) is 36.3. The quantitative estimate of drug-likeness (QED) is 0.0780. The Morgan fingerprint density at radius 1 is 0.446 bits per heavy atom. The molecule has 8 nitrogen and oxygen atoms in total. The van der Waals surface area contributed by atoms with Gasteiger partial charge in [-0.25, -0.2) is 0 Å². The SMILES string of the molecule is CCCCCCCCCCCCOc1ccc(NC(=O)C[N+](C)(C)CC[N+](C)(C)CC(=O)Nc2ccc(OCCCCCCCCCCCC)cc2)cc1.[Br-].[Br-]. The summed E-state index contributed by atoms with van der Waals surface area (Å²) in [6.45, 7) is 8.19. The number of ether oxygens (including phenoxy) is 2. The van der Waals surface area contributed by atoms with E-state index in [1.54, 1.807) is 0 Å². The smallest absolute Gasteiger partial charge is 0.279 e. The summed E-state index contributed by atoms with van der Waals surface area (Å²) in [7, 11) is 8.24. The van der Waals surface area contributed by atoms with Crippen molar-refractivity contribution < 1.29 is 62.0 Å². The van der Waals surface area contributed by atoms with Crippen molar-refractivity contribution in [2.24, 2.45) is 0 Å². The number of benzene rings is 2. The van der Waals surface area contributed by atoms with Gasteiger partial charge in [0.2, 0.25) is 0 Å². The summed E-state index contributed by atoms with van der Waals surface area (Å²) in [6.07, 6.45) is 26.2. The topological polar surface area (TPSA) is 76.7 Å². The Morgan fingerprint density at radius 2 is 0.714 bits per heavy atom. The van der Waals surface area contributed by atoms with Crippen molar-refractivity contribution in [3.63, 3.8) is 0 Å². The fourth-order valence-corrected chi connectivity index (χ4v) is 6.71. The second-order valence-electron chi connectivity index (χ2n) is 16.8. The van der Waals surface area contributed by atoms with Gasteiger partial charge in [0.05, 0.1) is 41.4 Å². The van der Waals surface area contributed by atoms with E-state index >= 15 is 0 Å². The lowest BCUT2D eigenvalue weighted by Crippen LogP contribution is -3.00. The second kappa shape index (κ2) is 32.8. The lowest BCUT2D eigenvalue weighted by Gasteiger charge is -2.34. The van der Waals surface area contributed by atoms with Gasteiger partial charge in [-0.2, -0.15) is 0 Å². The number of unbranched alkanes of at least 4 members (excludes halogenated alkanes) is 18. The molecule has 0 spiro atoms. The Labute approximate surface area is 364 Å². The molecular formula is C46H80Br2N4O4. The molecule has 0 saturated carbocycles. The van der Waals surface area contributed by atoms with Gasteiger partial charge in [-0.05, 0) is 61.4 Å². The fraction of sp³-hybridized carbons (Fsp3) is 0.696. The Kier molecular flexibility index (Phi) is 31.5. The first-order valence-electron chi connectivity index (χ1n) is 21.7. The maximum atomic E-state index is 12.9. The molecule has 0 aromatic heterocycles. The highest BCUT2D eigenvalue weighted by Crippen LogP contribution is 2.19. The van der Waals surface area contributed by atoms with Crippen LogP contribution in [0, 0.1) is 0 Å². The second-order valence-corrected chi connectivity index (χ2v) is 16.8. The van der Waals surface area contributed by atoms with E-state index in [9.17, 15) is 9.59 Å². The molecule has 0 saturated heterocycles. The van der Waals surface area contributed by atoms with Gasteiger partial charge in [0.1, 0.15) is 24.6 Å². The number of anilines is 2. The van der Waals surface area contributed by atoms with Crippen LogP contribution in [0.1, 0.15) is 142 Å². The average molecular weight is 913 g/mol. The number of carbonyl (C=O) groups excluding carboxylic acids is 2. The van der Waals surface area contributed by atoms with E-state index in [1.165, 1.54) is 116 Å². The molecule has 322 valence electrons. The van der Waals surface area contributed by atoms with Crippen molar-refractivity contribution in [1.82, 2.24) is 0 Å². The minimum absolute atomic E-state index is 0. The first-order chi connectivity index (χ1) is 26.0. The van der Waals surface area contributed by atoms with Gasteiger partial charge in [0, 0.05) is 11.4 Å². The highest BCUT2D eigenvalue weighted by atomic mass is 79.9. The number of likely N-dealkylation sites (N-methyl/N-ethyl adjacent to an activating group) is 2. The summed E-state index contributed by atoms with van der Waals surface area (Å²) in [4.78, 5) is 25.9. The average Bonchev–Trinajstić information content (AvgIpc) is 3.13. The molecular weight excluding hydrogens is 832 g/mol. The number of rotatable bonds is 33. The molecule has 0 radical (unpaired) electrons. The highest BCUT2D eigenvalue weighted by Gasteiger charge is 2.27. The van der Waals surface area contributed by atoms with Crippen LogP contribution in [0.2, 0.25) is 0 Å². The molecule has 2 N–H and O–H groups in total. The number of amides is 2. The lowest BCUT2D eigenvalue weighted by atomic mass is 10.1. The molecule has 0 aliphatic carbocycles. The molecule has 0 bridgehead atoms. The number of nitrogens with zero attached hydrogens (tertiary/aromatic N) is 2. The van der Waals surface area contributed by atoms with Crippen LogP contribution in [0.15, 0.2) is 48.5 Å². The number of quaternary nitrogens is 2. The Hall–Kier alpha value is -2.14. The first-order valence-corrected chi connectivity index (χ1v) is 21.7. The molecule has 0 unspecified atom stereocenters. The summed E-state index contributed by atoms with van der Waals surface area (Å²) in [5, 5.41) is 6.08. The molecule has 0 aliphatic heterocycles. The van der Waals surface area contributed by atoms with Gasteiger partial charge in [-0.15, -0.1) is 0 Å². The van der Waals surface area contributed by atoms with Crippen LogP contribution in [0.25, 0.3) is 0 Å². The van der Waals surface area contributed by atoms with Crippen molar-refractivity contribution in [2.45, 2.75) is 142 Å². The van der Waals surface area contributed by atoms with E-state index in [4.69, 9.17) is 9.47 Å². The molecule has 56 heavy (non-hydrogen) atoms. The molecule has 2 amide bonds. The van der Waals surface area contributed by atoms with E-state index in [0.29, 0.717) is 22.1 Å². The van der Waals surface area contributed by atoms with E-state index < -0.39 is 0 Å². The molecule has 2 rings (SSSR count). The Balaban J connectivity index is 0.0000151. The zero-order valence-corrected chi connectivity index (χ0v) is 39.5. The summed E-state index contributed by atoms with van der Waals surface area (Å²) >= 11 is 0. The number of carbonyl (C=O) groups is 2. The van der Waals surface area contributed by atoms with Gasteiger partial charge < -0.3 is 63.0 Å². The summed E-state index contributed by atoms with van der Waals surface area (Å²) in [5.74, 6) is 1.62. The van der Waals surface area contributed by atoms with Gasteiger partial charge in [0.15, 0.2) is 13.1 Å². The predicted molar refractivity (Wildman–Crippen MR) is 229 cm³/mol. The number of hydrogen-bond donors (Lipinski definition) is 2. The number of halogens is 2.